The maximum absolute atomic E-state index is 12.6. The smallest absolute Gasteiger partial charge is 0.305 e. The number of rotatable bonds is 11. The van der Waals surface area contributed by atoms with E-state index in [0.717, 1.165) is 42.3 Å². The highest BCUT2D eigenvalue weighted by Crippen LogP contribution is 2.22. The summed E-state index contributed by atoms with van der Waals surface area (Å²) in [6, 6.07) is 16.5. The number of hydrogen-bond donors (Lipinski definition) is 3. The molecule has 0 aliphatic rings. The summed E-state index contributed by atoms with van der Waals surface area (Å²) in [7, 11) is 1.39. The van der Waals surface area contributed by atoms with Gasteiger partial charge in [-0.1, -0.05) is 31.0 Å². The molecule has 1 unspecified atom stereocenters. The Morgan fingerprint density at radius 2 is 1.75 bits per heavy atom. The molecular formula is C25H29N3O4. The lowest BCUT2D eigenvalue weighted by Gasteiger charge is -2.14. The number of pyridine rings is 1. The van der Waals surface area contributed by atoms with Crippen molar-refractivity contribution >= 4 is 34.2 Å². The van der Waals surface area contributed by atoms with Crippen molar-refractivity contribution in [2.45, 2.75) is 44.8 Å². The molecule has 0 fully saturated rings. The number of carbonyl (C=O) groups excluding carboxylic acids is 2. The summed E-state index contributed by atoms with van der Waals surface area (Å²) < 4.78 is 4.61. The molecule has 7 nitrogen and oxygen atoms in total. The molecule has 3 aromatic rings. The van der Waals surface area contributed by atoms with Crippen LogP contribution >= 0.6 is 0 Å². The molecule has 2 aromatic carbocycles. The summed E-state index contributed by atoms with van der Waals surface area (Å²) in [5, 5.41) is 17.1. The summed E-state index contributed by atoms with van der Waals surface area (Å²) in [4.78, 5) is 28.1. The Morgan fingerprint density at radius 3 is 2.53 bits per heavy atom. The lowest BCUT2D eigenvalue weighted by Crippen LogP contribution is -2.18. The lowest BCUT2D eigenvalue weighted by atomic mass is 10.1. The highest BCUT2D eigenvalue weighted by atomic mass is 16.5. The molecule has 0 saturated carbocycles. The normalized spacial score (nSPS) is 11.7. The van der Waals surface area contributed by atoms with E-state index in [1.807, 2.05) is 30.3 Å². The molecule has 1 amide bonds. The van der Waals surface area contributed by atoms with Crippen LogP contribution in [0.2, 0.25) is 0 Å². The zero-order chi connectivity index (χ0) is 22.8. The number of aliphatic hydroxyl groups is 1. The van der Waals surface area contributed by atoms with Crippen molar-refractivity contribution in [1.29, 1.82) is 0 Å². The number of aromatic nitrogens is 1. The summed E-state index contributed by atoms with van der Waals surface area (Å²) in [6.45, 7) is 0. The second kappa shape index (κ2) is 11.8. The fourth-order valence-corrected chi connectivity index (χ4v) is 3.44. The maximum Gasteiger partial charge on any atom is 0.305 e. The average molecular weight is 436 g/mol. The predicted molar refractivity (Wildman–Crippen MR) is 125 cm³/mol. The zero-order valence-electron chi connectivity index (χ0n) is 18.2. The Hall–Kier alpha value is -3.45. The molecule has 0 bridgehead atoms. The van der Waals surface area contributed by atoms with Crippen molar-refractivity contribution in [3.8, 4) is 0 Å². The van der Waals surface area contributed by atoms with Gasteiger partial charge in [0.2, 0.25) is 0 Å². The Balaban J connectivity index is 1.45. The highest BCUT2D eigenvalue weighted by Gasteiger charge is 2.10. The number of amides is 1. The van der Waals surface area contributed by atoms with E-state index in [-0.39, 0.29) is 11.9 Å². The van der Waals surface area contributed by atoms with E-state index >= 15 is 0 Å². The minimum Gasteiger partial charge on any atom is -0.469 e. The summed E-state index contributed by atoms with van der Waals surface area (Å²) in [5.74, 6) is -0.403. The minimum atomic E-state index is -0.669. The summed E-state index contributed by atoms with van der Waals surface area (Å²) in [6.07, 6.45) is 5.60. The highest BCUT2D eigenvalue weighted by molar-refractivity contribution is 6.08. The number of ether oxygens (including phenoxy) is 1. The van der Waals surface area contributed by atoms with E-state index in [4.69, 9.17) is 0 Å². The number of carbonyl (C=O) groups is 2. The van der Waals surface area contributed by atoms with Crippen LogP contribution < -0.4 is 10.6 Å². The molecule has 32 heavy (non-hydrogen) atoms. The molecule has 7 heteroatoms. The summed E-state index contributed by atoms with van der Waals surface area (Å²) in [5.41, 5.74) is 2.67. The van der Waals surface area contributed by atoms with Crippen LogP contribution in [0.25, 0.3) is 10.9 Å². The van der Waals surface area contributed by atoms with Gasteiger partial charge in [-0.2, -0.15) is 0 Å². The molecule has 0 spiro atoms. The first kappa shape index (κ1) is 23.2. The second-order valence-electron chi connectivity index (χ2n) is 7.60. The van der Waals surface area contributed by atoms with Crippen molar-refractivity contribution in [2.24, 2.45) is 0 Å². The molecule has 3 rings (SSSR count). The van der Waals surface area contributed by atoms with Gasteiger partial charge in [0, 0.05) is 29.3 Å². The quantitative estimate of drug-likeness (QED) is 0.229. The van der Waals surface area contributed by atoms with E-state index in [1.54, 1.807) is 30.5 Å². The number of nitrogens with one attached hydrogen (secondary N) is 2. The van der Waals surface area contributed by atoms with Gasteiger partial charge in [-0.05, 0) is 55.7 Å². The fourth-order valence-electron chi connectivity index (χ4n) is 3.44. The van der Waals surface area contributed by atoms with Gasteiger partial charge < -0.3 is 20.5 Å². The first-order valence-corrected chi connectivity index (χ1v) is 10.8. The monoisotopic (exact) mass is 435 g/mol. The number of hydrogen-bond acceptors (Lipinski definition) is 6. The van der Waals surface area contributed by atoms with E-state index in [9.17, 15) is 14.7 Å². The van der Waals surface area contributed by atoms with Crippen LogP contribution in [0.15, 0.2) is 60.8 Å². The number of unbranched alkanes of at least 4 members (excludes halogenated alkanes) is 3. The third-order valence-electron chi connectivity index (χ3n) is 5.20. The van der Waals surface area contributed by atoms with Crippen LogP contribution in [-0.2, 0) is 9.53 Å². The van der Waals surface area contributed by atoms with Crippen molar-refractivity contribution < 1.29 is 19.4 Å². The van der Waals surface area contributed by atoms with Crippen LogP contribution in [0.1, 0.15) is 48.9 Å². The SMILES string of the molecule is COC(=O)CCCCCCC(O)Nc1ccc(C(=O)Nc2cccc3cccnc23)cc1. The van der Waals surface area contributed by atoms with E-state index in [1.165, 1.54) is 7.11 Å². The van der Waals surface area contributed by atoms with Crippen molar-refractivity contribution in [3.05, 3.63) is 66.4 Å². The second-order valence-corrected chi connectivity index (χ2v) is 7.60. The third kappa shape index (κ3) is 6.78. The average Bonchev–Trinajstić information content (AvgIpc) is 2.81. The number of esters is 1. The number of aliphatic hydroxyl groups excluding tert-OH is 1. The Kier molecular flexibility index (Phi) is 8.57. The summed E-state index contributed by atoms with van der Waals surface area (Å²) >= 11 is 0. The Morgan fingerprint density at radius 1 is 1.00 bits per heavy atom. The van der Waals surface area contributed by atoms with Crippen LogP contribution in [0.4, 0.5) is 11.4 Å². The van der Waals surface area contributed by atoms with Gasteiger partial charge in [-0.25, -0.2) is 0 Å². The fraction of sp³-hybridized carbons (Fsp3) is 0.320. The first-order valence-electron chi connectivity index (χ1n) is 10.8. The number of fused-ring (bicyclic) bond motifs is 1. The first-order chi connectivity index (χ1) is 15.6. The Bertz CT molecular complexity index is 1030. The number of anilines is 2. The predicted octanol–water partition coefficient (Wildman–Crippen LogP) is 4.73. The number of methoxy groups -OCH3 is 1. The third-order valence-corrected chi connectivity index (χ3v) is 5.20. The van der Waals surface area contributed by atoms with Gasteiger partial charge >= 0.3 is 5.97 Å². The molecule has 1 aromatic heterocycles. The van der Waals surface area contributed by atoms with E-state index < -0.39 is 6.23 Å². The number of para-hydroxylation sites is 1. The van der Waals surface area contributed by atoms with Gasteiger partial charge in [0.05, 0.1) is 18.3 Å². The Labute approximate surface area is 187 Å². The van der Waals surface area contributed by atoms with Gasteiger partial charge in [0.15, 0.2) is 0 Å². The molecule has 1 heterocycles. The topological polar surface area (TPSA) is 101 Å². The van der Waals surface area contributed by atoms with Crippen molar-refractivity contribution in [2.75, 3.05) is 17.7 Å². The largest absolute Gasteiger partial charge is 0.469 e. The van der Waals surface area contributed by atoms with Gasteiger partial charge in [-0.3, -0.25) is 14.6 Å². The molecule has 0 radical (unpaired) electrons. The zero-order valence-corrected chi connectivity index (χ0v) is 18.2. The molecule has 168 valence electrons. The van der Waals surface area contributed by atoms with Crippen LogP contribution in [-0.4, -0.2) is 35.3 Å². The molecule has 1 atom stereocenters. The van der Waals surface area contributed by atoms with Crippen molar-refractivity contribution in [1.82, 2.24) is 4.98 Å². The van der Waals surface area contributed by atoms with Crippen LogP contribution in [0.3, 0.4) is 0 Å². The molecule has 3 N–H and O–H groups in total. The standard InChI is InChI=1S/C25H29N3O4/c1-32-23(30)12-5-3-2-4-11-22(29)27-20-15-13-19(14-16-20)25(31)28-21-10-6-8-18-9-7-17-26-24(18)21/h6-10,13-17,22,27,29H,2-5,11-12H2,1H3,(H,28,31). The van der Waals surface area contributed by atoms with Gasteiger partial charge in [0.25, 0.3) is 5.91 Å². The van der Waals surface area contributed by atoms with E-state index in [2.05, 4.69) is 20.4 Å². The number of benzene rings is 2. The van der Waals surface area contributed by atoms with Crippen LogP contribution in [0.5, 0.6) is 0 Å². The van der Waals surface area contributed by atoms with Gasteiger partial charge in [0.1, 0.15) is 6.23 Å². The van der Waals surface area contributed by atoms with Crippen molar-refractivity contribution in [3.63, 3.8) is 0 Å². The molecule has 0 aliphatic carbocycles. The minimum absolute atomic E-state index is 0.183. The van der Waals surface area contributed by atoms with E-state index in [0.29, 0.717) is 24.1 Å². The molecule has 0 saturated heterocycles. The molecular weight excluding hydrogens is 406 g/mol. The number of nitrogens with zero attached hydrogens (tertiary/aromatic N) is 1. The maximum atomic E-state index is 12.6. The lowest BCUT2D eigenvalue weighted by molar-refractivity contribution is -0.140. The van der Waals surface area contributed by atoms with Crippen LogP contribution in [0, 0.1) is 0 Å². The molecule has 0 aliphatic heterocycles. The van der Waals surface area contributed by atoms with Gasteiger partial charge in [-0.15, -0.1) is 0 Å².